The molecule has 0 saturated heterocycles. The van der Waals surface area contributed by atoms with Crippen LogP contribution in [0.15, 0.2) is 42.5 Å². The molecule has 0 saturated carbocycles. The average Bonchev–Trinajstić information content (AvgIpc) is 2.99. The number of rotatable bonds is 8. The molecule has 7 heteroatoms. The van der Waals surface area contributed by atoms with Crippen molar-refractivity contribution >= 4 is 40.7 Å². The normalized spacial score (nSPS) is 12.6. The first-order valence-electron chi connectivity index (χ1n) is 9.33. The molecule has 150 valence electrons. The van der Waals surface area contributed by atoms with E-state index in [4.69, 9.17) is 11.6 Å². The van der Waals surface area contributed by atoms with Crippen LogP contribution in [-0.2, 0) is 16.0 Å². The Bertz CT molecular complexity index is 969. The van der Waals surface area contributed by atoms with Crippen molar-refractivity contribution in [2.75, 3.05) is 18.5 Å². The smallest absolute Gasteiger partial charge is 0.231 e. The molecule has 1 heterocycles. The summed E-state index contributed by atoms with van der Waals surface area (Å²) in [5, 5.41) is 3.22. The third-order valence-electron chi connectivity index (χ3n) is 4.90. The van der Waals surface area contributed by atoms with Crippen molar-refractivity contribution in [3.05, 3.63) is 64.2 Å². The molecule has 2 aromatic carbocycles. The Morgan fingerprint density at radius 3 is 2.34 bits per heavy atom. The summed E-state index contributed by atoms with van der Waals surface area (Å²) in [5.74, 6) is -0.510. The second-order valence-electron chi connectivity index (χ2n) is 6.93. The number of fused-ring (bicyclic) bond motifs is 1. The first kappa shape index (κ1) is 20.7. The van der Waals surface area contributed by atoms with Crippen LogP contribution in [0.4, 0.5) is 5.69 Å². The number of carbonyl (C=O) groups excluding carboxylic acids is 4. The Balaban J connectivity index is 1.43. The number of Topliss-reactive ketones (excluding diaryl/α,β-unsaturated/α-hetero) is 2. The minimum absolute atomic E-state index is 0.00464. The summed E-state index contributed by atoms with van der Waals surface area (Å²) in [6.07, 6.45) is 0.599. The molecule has 0 unspecified atom stereocenters. The van der Waals surface area contributed by atoms with Crippen LogP contribution >= 0.6 is 11.6 Å². The van der Waals surface area contributed by atoms with Crippen LogP contribution in [0.2, 0.25) is 5.02 Å². The van der Waals surface area contributed by atoms with Crippen LogP contribution in [0.25, 0.3) is 0 Å². The number of nitrogens with one attached hydrogen (secondary N) is 1. The lowest BCUT2D eigenvalue weighted by Gasteiger charge is -2.10. The largest absolute Gasteiger partial charge is 0.356 e. The molecule has 3 rings (SSSR count). The molecule has 0 aliphatic carbocycles. The van der Waals surface area contributed by atoms with Crippen LogP contribution in [0.3, 0.4) is 0 Å². The van der Waals surface area contributed by atoms with E-state index in [0.29, 0.717) is 22.6 Å². The molecule has 0 atom stereocenters. The van der Waals surface area contributed by atoms with Gasteiger partial charge in [-0.2, -0.15) is 0 Å². The average molecular weight is 413 g/mol. The van der Waals surface area contributed by atoms with E-state index in [1.165, 1.54) is 0 Å². The van der Waals surface area contributed by atoms with Gasteiger partial charge < -0.3 is 10.2 Å². The number of amides is 2. The van der Waals surface area contributed by atoms with Gasteiger partial charge in [-0.25, -0.2) is 0 Å². The molecule has 1 aliphatic heterocycles. The molecule has 0 bridgehead atoms. The Hall–Kier alpha value is -2.99. The zero-order valence-electron chi connectivity index (χ0n) is 16.0. The van der Waals surface area contributed by atoms with Gasteiger partial charge in [0, 0.05) is 54.7 Å². The molecular formula is C22H21ClN2O4. The van der Waals surface area contributed by atoms with Crippen molar-refractivity contribution < 1.29 is 19.2 Å². The van der Waals surface area contributed by atoms with Crippen LogP contribution in [0.5, 0.6) is 0 Å². The van der Waals surface area contributed by atoms with Crippen LogP contribution in [0, 0.1) is 0 Å². The van der Waals surface area contributed by atoms with Gasteiger partial charge in [0.2, 0.25) is 11.8 Å². The number of hydrogen-bond donors (Lipinski definition) is 1. The van der Waals surface area contributed by atoms with Crippen LogP contribution < -0.4 is 10.2 Å². The van der Waals surface area contributed by atoms with Crippen molar-refractivity contribution in [2.45, 2.75) is 25.7 Å². The molecule has 2 amide bonds. The van der Waals surface area contributed by atoms with Crippen molar-refractivity contribution in [1.29, 1.82) is 0 Å². The highest BCUT2D eigenvalue weighted by atomic mass is 35.5. The highest BCUT2D eigenvalue weighted by Crippen LogP contribution is 2.28. The van der Waals surface area contributed by atoms with Gasteiger partial charge in [-0.15, -0.1) is 0 Å². The molecule has 0 fully saturated rings. The van der Waals surface area contributed by atoms with E-state index in [-0.39, 0.29) is 49.2 Å². The maximum Gasteiger partial charge on any atom is 0.231 e. The van der Waals surface area contributed by atoms with E-state index in [1.807, 2.05) is 0 Å². The number of carbonyl (C=O) groups is 4. The fourth-order valence-electron chi connectivity index (χ4n) is 3.20. The summed E-state index contributed by atoms with van der Waals surface area (Å²) in [6.45, 7) is 0.197. The standard InChI is InChI=1S/C22H21ClN2O4/c1-25-18-7-4-15(12-16(18)13-22(25)29)20(27)10-11-24-21(28)9-8-19(26)14-2-5-17(23)6-3-14/h2-7,12H,8-11,13H2,1H3,(H,24,28). The molecule has 0 spiro atoms. The molecule has 1 N–H and O–H groups in total. The molecule has 29 heavy (non-hydrogen) atoms. The maximum absolute atomic E-state index is 12.4. The Morgan fingerprint density at radius 2 is 1.62 bits per heavy atom. The summed E-state index contributed by atoms with van der Waals surface area (Å²) in [7, 11) is 1.71. The van der Waals surface area contributed by atoms with Crippen LogP contribution in [-0.4, -0.2) is 37.0 Å². The van der Waals surface area contributed by atoms with E-state index in [9.17, 15) is 19.2 Å². The number of nitrogens with zero attached hydrogens (tertiary/aromatic N) is 1. The van der Waals surface area contributed by atoms with Gasteiger partial charge in [-0.1, -0.05) is 11.6 Å². The topological polar surface area (TPSA) is 83.6 Å². The predicted octanol–water partition coefficient (Wildman–Crippen LogP) is 3.21. The highest BCUT2D eigenvalue weighted by Gasteiger charge is 2.24. The van der Waals surface area contributed by atoms with Gasteiger partial charge >= 0.3 is 0 Å². The lowest BCUT2D eigenvalue weighted by Crippen LogP contribution is -2.26. The van der Waals surface area contributed by atoms with Crippen molar-refractivity contribution in [3.63, 3.8) is 0 Å². The zero-order chi connectivity index (χ0) is 21.0. The third-order valence-corrected chi connectivity index (χ3v) is 5.15. The van der Waals surface area contributed by atoms with Gasteiger partial charge in [0.15, 0.2) is 11.6 Å². The molecule has 0 radical (unpaired) electrons. The summed E-state index contributed by atoms with van der Waals surface area (Å²) in [4.78, 5) is 49.7. The third kappa shape index (κ3) is 5.09. The van der Waals surface area contributed by atoms with Crippen molar-refractivity contribution in [3.8, 4) is 0 Å². The Kier molecular flexibility index (Phi) is 6.44. The summed E-state index contributed by atoms with van der Waals surface area (Å²) in [5.41, 5.74) is 2.70. The fourth-order valence-corrected chi connectivity index (χ4v) is 3.32. The van der Waals surface area contributed by atoms with Crippen molar-refractivity contribution in [1.82, 2.24) is 5.32 Å². The Morgan fingerprint density at radius 1 is 0.966 bits per heavy atom. The highest BCUT2D eigenvalue weighted by molar-refractivity contribution is 6.30. The van der Waals surface area contributed by atoms with E-state index < -0.39 is 0 Å². The SMILES string of the molecule is CN1C(=O)Cc2cc(C(=O)CCNC(=O)CCC(=O)c3ccc(Cl)cc3)ccc21. The van der Waals surface area contributed by atoms with E-state index in [1.54, 1.807) is 54.4 Å². The summed E-state index contributed by atoms with van der Waals surface area (Å²) < 4.78 is 0. The van der Waals surface area contributed by atoms with Gasteiger partial charge in [0.1, 0.15) is 0 Å². The number of likely N-dealkylation sites (N-methyl/N-ethyl adjacent to an activating group) is 1. The number of halogens is 1. The number of benzene rings is 2. The monoisotopic (exact) mass is 412 g/mol. The molecule has 2 aromatic rings. The minimum atomic E-state index is -0.277. The number of hydrogen-bond acceptors (Lipinski definition) is 4. The van der Waals surface area contributed by atoms with E-state index >= 15 is 0 Å². The van der Waals surface area contributed by atoms with Gasteiger partial charge in [-0.3, -0.25) is 19.2 Å². The van der Waals surface area contributed by atoms with E-state index in [2.05, 4.69) is 5.32 Å². The number of anilines is 1. The maximum atomic E-state index is 12.4. The molecule has 1 aliphatic rings. The quantitative estimate of drug-likeness (QED) is 0.675. The minimum Gasteiger partial charge on any atom is -0.356 e. The predicted molar refractivity (Wildman–Crippen MR) is 111 cm³/mol. The van der Waals surface area contributed by atoms with Gasteiger partial charge in [0.25, 0.3) is 0 Å². The second-order valence-corrected chi connectivity index (χ2v) is 7.36. The van der Waals surface area contributed by atoms with Crippen molar-refractivity contribution in [2.24, 2.45) is 0 Å². The lowest BCUT2D eigenvalue weighted by molar-refractivity contribution is -0.121. The lowest BCUT2D eigenvalue weighted by atomic mass is 10.0. The molecular weight excluding hydrogens is 392 g/mol. The molecule has 0 aromatic heterocycles. The summed E-state index contributed by atoms with van der Waals surface area (Å²) >= 11 is 5.79. The Labute approximate surface area is 173 Å². The fraction of sp³-hybridized carbons (Fsp3) is 0.273. The van der Waals surface area contributed by atoms with Gasteiger partial charge in [-0.05, 0) is 48.0 Å². The first-order valence-corrected chi connectivity index (χ1v) is 9.71. The molecule has 6 nitrogen and oxygen atoms in total. The van der Waals surface area contributed by atoms with E-state index in [0.717, 1.165) is 11.3 Å². The zero-order valence-corrected chi connectivity index (χ0v) is 16.8. The van der Waals surface area contributed by atoms with Gasteiger partial charge in [0.05, 0.1) is 6.42 Å². The summed E-state index contributed by atoms with van der Waals surface area (Å²) in [6, 6.07) is 11.7. The van der Waals surface area contributed by atoms with Crippen LogP contribution in [0.1, 0.15) is 45.5 Å². The second kappa shape index (κ2) is 9.01. The first-order chi connectivity index (χ1) is 13.8. The number of ketones is 2.